The van der Waals surface area contributed by atoms with Crippen LogP contribution in [0.1, 0.15) is 40.0 Å². The van der Waals surface area contributed by atoms with Crippen LogP contribution in [0.15, 0.2) is 60.7 Å². The molecule has 2 atom stereocenters. The summed E-state index contributed by atoms with van der Waals surface area (Å²) in [6.45, 7) is -0.678. The maximum absolute atomic E-state index is 13.8. The van der Waals surface area contributed by atoms with Gasteiger partial charge in [-0.1, -0.05) is 30.3 Å². The maximum atomic E-state index is 13.8. The van der Waals surface area contributed by atoms with E-state index in [0.717, 1.165) is 39.7 Å². The van der Waals surface area contributed by atoms with E-state index >= 15 is 0 Å². The van der Waals surface area contributed by atoms with E-state index < -0.39 is 12.8 Å². The summed E-state index contributed by atoms with van der Waals surface area (Å²) in [5.41, 5.74) is 6.29. The van der Waals surface area contributed by atoms with E-state index in [2.05, 4.69) is 22.0 Å². The summed E-state index contributed by atoms with van der Waals surface area (Å²) in [6.07, 6.45) is -3.06. The van der Waals surface area contributed by atoms with Crippen molar-refractivity contribution in [2.24, 2.45) is 0 Å². The summed E-state index contributed by atoms with van der Waals surface area (Å²) in [5, 5.41) is 1.14. The number of alkyl halides is 3. The molecule has 1 aromatic heterocycles. The van der Waals surface area contributed by atoms with Gasteiger partial charge < -0.3 is 14.5 Å². The van der Waals surface area contributed by atoms with Crippen molar-refractivity contribution in [1.82, 2.24) is 9.88 Å². The van der Waals surface area contributed by atoms with Crippen molar-refractivity contribution in [3.8, 4) is 11.5 Å². The third-order valence-electron chi connectivity index (χ3n) is 7.25. The quantitative estimate of drug-likeness (QED) is 0.328. The van der Waals surface area contributed by atoms with Gasteiger partial charge in [-0.3, -0.25) is 4.90 Å². The van der Waals surface area contributed by atoms with Crippen LogP contribution < -0.4 is 9.47 Å². The van der Waals surface area contributed by atoms with Gasteiger partial charge in [0.25, 0.3) is 0 Å². The number of ether oxygens (including phenoxy) is 2. The van der Waals surface area contributed by atoms with Crippen molar-refractivity contribution in [2.75, 3.05) is 20.3 Å². The molecule has 6 rings (SSSR count). The van der Waals surface area contributed by atoms with Crippen LogP contribution in [0.2, 0.25) is 0 Å². The van der Waals surface area contributed by atoms with Gasteiger partial charge in [-0.15, -0.1) is 0 Å². The maximum Gasteiger partial charge on any atom is 0.422 e. The van der Waals surface area contributed by atoms with Crippen LogP contribution in [-0.2, 0) is 12.8 Å². The largest absolute Gasteiger partial charge is 0.493 e. The Balaban J connectivity index is 1.47. The Morgan fingerprint density at radius 3 is 2.56 bits per heavy atom. The van der Waals surface area contributed by atoms with Gasteiger partial charge in [0.15, 0.2) is 18.1 Å². The van der Waals surface area contributed by atoms with Gasteiger partial charge in [-0.05, 0) is 65.4 Å². The predicted molar refractivity (Wildman–Crippen MR) is 128 cm³/mol. The summed E-state index contributed by atoms with van der Waals surface area (Å²) in [4.78, 5) is 6.00. The second kappa shape index (κ2) is 8.55. The molecule has 2 unspecified atom stereocenters. The molecule has 0 spiro atoms. The summed E-state index contributed by atoms with van der Waals surface area (Å²) in [5.74, 6) is 0.0895. The average Bonchev–Trinajstić information content (AvgIpc) is 3.24. The summed E-state index contributed by atoms with van der Waals surface area (Å²) < 4.78 is 62.7. The Bertz CT molecular complexity index is 1430. The smallest absolute Gasteiger partial charge is 0.422 e. The molecule has 36 heavy (non-hydrogen) atoms. The number of benzene rings is 3. The Morgan fingerprint density at radius 2 is 1.81 bits per heavy atom. The zero-order valence-corrected chi connectivity index (χ0v) is 19.5. The van der Waals surface area contributed by atoms with E-state index in [1.165, 1.54) is 24.8 Å². The van der Waals surface area contributed by atoms with E-state index in [-0.39, 0.29) is 29.4 Å². The molecule has 0 bridgehead atoms. The first kappa shape index (κ1) is 22.9. The molecule has 2 aliphatic rings. The fraction of sp³-hybridized carbons (Fsp3) is 0.286. The van der Waals surface area contributed by atoms with Crippen molar-refractivity contribution in [1.29, 1.82) is 0 Å². The number of nitrogens with one attached hydrogen (secondary N) is 1. The SMILES string of the molecule is COc1cc2c(cc1OCC(F)(F)F)CCN1C2Cc2c([nH]c3ccccc23)C1c1ccc(F)cc1. The van der Waals surface area contributed by atoms with E-state index in [1.54, 1.807) is 6.07 Å². The highest BCUT2D eigenvalue weighted by molar-refractivity contribution is 5.85. The highest BCUT2D eigenvalue weighted by Gasteiger charge is 2.41. The molecule has 0 amide bonds. The molecule has 0 fully saturated rings. The molecule has 0 saturated heterocycles. The van der Waals surface area contributed by atoms with Gasteiger partial charge in [0.1, 0.15) is 5.82 Å². The summed E-state index contributed by atoms with van der Waals surface area (Å²) >= 11 is 0. The highest BCUT2D eigenvalue weighted by atomic mass is 19.4. The molecule has 0 aliphatic carbocycles. The summed E-state index contributed by atoms with van der Waals surface area (Å²) in [7, 11) is 1.43. The zero-order valence-electron chi connectivity index (χ0n) is 19.5. The Morgan fingerprint density at radius 1 is 1.03 bits per heavy atom. The fourth-order valence-corrected chi connectivity index (χ4v) is 5.73. The number of rotatable bonds is 4. The molecule has 1 N–H and O–H groups in total. The van der Waals surface area contributed by atoms with Gasteiger partial charge in [-0.2, -0.15) is 13.2 Å². The second-order valence-corrected chi connectivity index (χ2v) is 9.33. The minimum atomic E-state index is -4.44. The number of hydrogen-bond acceptors (Lipinski definition) is 3. The lowest BCUT2D eigenvalue weighted by Crippen LogP contribution is -2.43. The number of para-hydroxylation sites is 1. The predicted octanol–water partition coefficient (Wildman–Crippen LogP) is 6.50. The number of aromatic amines is 1. The molecule has 4 aromatic rings. The van der Waals surface area contributed by atoms with Crippen LogP contribution in [-0.4, -0.2) is 36.3 Å². The molecule has 3 heterocycles. The second-order valence-electron chi connectivity index (χ2n) is 9.33. The third kappa shape index (κ3) is 3.89. The van der Waals surface area contributed by atoms with Gasteiger partial charge >= 0.3 is 6.18 Å². The van der Waals surface area contributed by atoms with Gasteiger partial charge in [0, 0.05) is 29.2 Å². The highest BCUT2D eigenvalue weighted by Crippen LogP contribution is 2.49. The molecular formula is C28H24F4N2O2. The van der Waals surface area contributed by atoms with E-state index in [4.69, 9.17) is 9.47 Å². The van der Waals surface area contributed by atoms with Crippen LogP contribution in [0.25, 0.3) is 10.9 Å². The molecule has 3 aromatic carbocycles. The average molecular weight is 497 g/mol. The van der Waals surface area contributed by atoms with E-state index in [1.807, 2.05) is 30.3 Å². The van der Waals surface area contributed by atoms with Crippen LogP contribution in [0, 0.1) is 5.82 Å². The van der Waals surface area contributed by atoms with Crippen molar-refractivity contribution >= 4 is 10.9 Å². The lowest BCUT2D eigenvalue weighted by molar-refractivity contribution is -0.153. The Hall–Kier alpha value is -3.52. The number of hydrogen-bond donors (Lipinski definition) is 1. The molecule has 186 valence electrons. The fourth-order valence-electron chi connectivity index (χ4n) is 5.73. The number of nitrogens with zero attached hydrogens (tertiary/aromatic N) is 1. The molecule has 0 saturated carbocycles. The van der Waals surface area contributed by atoms with Crippen LogP contribution in [0.3, 0.4) is 0 Å². The minimum Gasteiger partial charge on any atom is -0.493 e. The first-order valence-corrected chi connectivity index (χ1v) is 11.8. The van der Waals surface area contributed by atoms with Crippen LogP contribution >= 0.6 is 0 Å². The minimum absolute atomic E-state index is 0.0268. The lowest BCUT2D eigenvalue weighted by Gasteiger charge is -2.46. The number of H-pyrrole nitrogens is 1. The Labute approximate surface area is 205 Å². The number of methoxy groups -OCH3 is 1. The lowest BCUT2D eigenvalue weighted by atomic mass is 9.80. The standard InChI is InChI=1S/C28H24F4N2O2/c1-35-24-14-20-17(12-25(24)36-15-28(30,31)32)10-11-34-23(20)13-21-19-4-2-3-5-22(19)33-26(21)27(34)16-6-8-18(29)9-7-16/h2-9,12,14,23,27,33H,10-11,13,15H2,1H3. The zero-order chi connectivity index (χ0) is 25.0. The van der Waals surface area contributed by atoms with Crippen molar-refractivity contribution in [3.05, 3.63) is 94.4 Å². The molecule has 0 radical (unpaired) electrons. The normalized spacial score (nSPS) is 19.5. The van der Waals surface area contributed by atoms with Crippen molar-refractivity contribution in [3.63, 3.8) is 0 Å². The van der Waals surface area contributed by atoms with Crippen molar-refractivity contribution < 1.29 is 27.0 Å². The monoisotopic (exact) mass is 496 g/mol. The third-order valence-corrected chi connectivity index (χ3v) is 7.25. The molecular weight excluding hydrogens is 472 g/mol. The van der Waals surface area contributed by atoms with Gasteiger partial charge in [0.05, 0.1) is 13.2 Å². The van der Waals surface area contributed by atoms with E-state index in [9.17, 15) is 17.6 Å². The molecule has 4 nitrogen and oxygen atoms in total. The number of fused-ring (bicyclic) bond motifs is 6. The first-order valence-electron chi connectivity index (χ1n) is 11.8. The summed E-state index contributed by atoms with van der Waals surface area (Å²) in [6, 6.07) is 18.1. The van der Waals surface area contributed by atoms with Gasteiger partial charge in [0.2, 0.25) is 0 Å². The first-order chi connectivity index (χ1) is 17.3. The Kier molecular flexibility index (Phi) is 5.44. The van der Waals surface area contributed by atoms with Crippen LogP contribution in [0.4, 0.5) is 17.6 Å². The number of halogens is 4. The number of aromatic nitrogens is 1. The van der Waals surface area contributed by atoms with Gasteiger partial charge in [-0.25, -0.2) is 4.39 Å². The van der Waals surface area contributed by atoms with Crippen molar-refractivity contribution in [2.45, 2.75) is 31.1 Å². The van der Waals surface area contributed by atoms with Crippen LogP contribution in [0.5, 0.6) is 11.5 Å². The molecule has 2 aliphatic heterocycles. The van der Waals surface area contributed by atoms with E-state index in [0.29, 0.717) is 13.0 Å². The topological polar surface area (TPSA) is 37.5 Å². The molecule has 8 heteroatoms.